The Labute approximate surface area is 109 Å². The van der Waals surface area contributed by atoms with Gasteiger partial charge in [-0.2, -0.15) is 0 Å². The molecule has 0 atom stereocenters. The summed E-state index contributed by atoms with van der Waals surface area (Å²) in [4.78, 5) is 7.26. The number of halogens is 1. The Bertz CT molecular complexity index is 369. The Morgan fingerprint density at radius 3 is 2.00 bits per heavy atom. The molecule has 1 aromatic rings. The molecule has 1 aromatic carbocycles. The van der Waals surface area contributed by atoms with E-state index in [1.165, 1.54) is 5.56 Å². The maximum atomic E-state index is 5.90. The van der Waals surface area contributed by atoms with Crippen molar-refractivity contribution in [1.29, 1.82) is 0 Å². The SMILES string of the molecule is CC(C)(/C=[CH]\[Sn]([CH3])([CH3])[CH3])c1ccc(Cl)cc1. The van der Waals surface area contributed by atoms with Gasteiger partial charge >= 0.3 is 109 Å². The van der Waals surface area contributed by atoms with Crippen LogP contribution in [0.2, 0.25) is 19.8 Å². The Morgan fingerprint density at radius 1 is 1.06 bits per heavy atom. The van der Waals surface area contributed by atoms with Gasteiger partial charge in [0.25, 0.3) is 0 Å². The second-order valence-electron chi connectivity index (χ2n) is 5.93. The molecule has 0 spiro atoms. The molecule has 88 valence electrons. The van der Waals surface area contributed by atoms with Gasteiger partial charge in [0.2, 0.25) is 0 Å². The fourth-order valence-electron chi connectivity index (χ4n) is 1.43. The van der Waals surface area contributed by atoms with Gasteiger partial charge in [-0.1, -0.05) is 0 Å². The molecular formula is C14H21ClSn. The van der Waals surface area contributed by atoms with Crippen LogP contribution in [0.5, 0.6) is 0 Å². The third kappa shape index (κ3) is 4.50. The third-order valence-electron chi connectivity index (χ3n) is 2.59. The molecule has 0 nitrogen and oxygen atoms in total. The zero-order valence-electron chi connectivity index (χ0n) is 10.8. The van der Waals surface area contributed by atoms with E-state index in [4.69, 9.17) is 11.6 Å². The Morgan fingerprint density at radius 2 is 1.56 bits per heavy atom. The summed E-state index contributed by atoms with van der Waals surface area (Å²) in [6.07, 6.45) is 2.37. The van der Waals surface area contributed by atoms with Crippen molar-refractivity contribution < 1.29 is 0 Å². The van der Waals surface area contributed by atoms with Crippen molar-refractivity contribution in [1.82, 2.24) is 0 Å². The molecule has 0 amide bonds. The normalized spacial score (nSPS) is 13.4. The molecule has 0 saturated carbocycles. The van der Waals surface area contributed by atoms with Crippen LogP contribution in [0.1, 0.15) is 19.4 Å². The molecule has 0 aliphatic carbocycles. The summed E-state index contributed by atoms with van der Waals surface area (Å²) in [5.41, 5.74) is 1.43. The van der Waals surface area contributed by atoms with Crippen molar-refractivity contribution in [2.75, 3.05) is 0 Å². The van der Waals surface area contributed by atoms with Crippen LogP contribution in [-0.2, 0) is 5.41 Å². The first-order chi connectivity index (χ1) is 7.21. The zero-order chi connectivity index (χ0) is 12.4. The van der Waals surface area contributed by atoms with Gasteiger partial charge in [0.1, 0.15) is 0 Å². The molecule has 0 N–H and O–H groups in total. The zero-order valence-corrected chi connectivity index (χ0v) is 14.5. The molecule has 2 heteroatoms. The van der Waals surface area contributed by atoms with Crippen LogP contribution in [0, 0.1) is 0 Å². The van der Waals surface area contributed by atoms with Crippen LogP contribution < -0.4 is 0 Å². The van der Waals surface area contributed by atoms with E-state index in [0.29, 0.717) is 0 Å². The van der Waals surface area contributed by atoms with Crippen molar-refractivity contribution in [2.45, 2.75) is 34.1 Å². The van der Waals surface area contributed by atoms with Gasteiger partial charge in [-0.15, -0.1) is 0 Å². The Hall–Kier alpha value is 0.0487. The average Bonchev–Trinajstić information content (AvgIpc) is 2.15. The molecule has 0 unspecified atom stereocenters. The quantitative estimate of drug-likeness (QED) is 0.674. The van der Waals surface area contributed by atoms with Crippen molar-refractivity contribution in [3.8, 4) is 0 Å². The number of rotatable bonds is 3. The van der Waals surface area contributed by atoms with Crippen LogP contribution in [0.3, 0.4) is 0 Å². The molecular weight excluding hydrogens is 322 g/mol. The number of allylic oxidation sites excluding steroid dienone is 1. The predicted molar refractivity (Wildman–Crippen MR) is 77.0 cm³/mol. The molecule has 0 aromatic heterocycles. The third-order valence-corrected chi connectivity index (χ3v) is 6.17. The van der Waals surface area contributed by atoms with E-state index in [0.717, 1.165) is 5.02 Å². The predicted octanol–water partition coefficient (Wildman–Crippen LogP) is 5.05. The first-order valence-corrected chi connectivity index (χ1v) is 16.3. The van der Waals surface area contributed by atoms with E-state index in [2.05, 4.69) is 51.0 Å². The first-order valence-electron chi connectivity index (χ1n) is 5.67. The van der Waals surface area contributed by atoms with Crippen LogP contribution in [-0.4, -0.2) is 18.4 Å². The summed E-state index contributed by atoms with van der Waals surface area (Å²) in [5.74, 6) is 0. The number of benzene rings is 1. The molecule has 0 saturated heterocycles. The van der Waals surface area contributed by atoms with Gasteiger partial charge in [0.15, 0.2) is 0 Å². The van der Waals surface area contributed by atoms with E-state index in [9.17, 15) is 0 Å². The second kappa shape index (κ2) is 5.14. The van der Waals surface area contributed by atoms with Gasteiger partial charge in [0.05, 0.1) is 0 Å². The molecule has 0 heterocycles. The van der Waals surface area contributed by atoms with Crippen molar-refractivity contribution in [3.05, 3.63) is 45.0 Å². The fraction of sp³-hybridized carbons (Fsp3) is 0.429. The Balaban J connectivity index is 2.94. The molecule has 0 bridgehead atoms. The minimum atomic E-state index is -1.81. The molecule has 0 fully saturated rings. The van der Waals surface area contributed by atoms with E-state index in [-0.39, 0.29) is 5.41 Å². The number of hydrogen-bond donors (Lipinski definition) is 0. The summed E-state index contributed by atoms with van der Waals surface area (Å²) in [6.45, 7) is 4.51. The average molecular weight is 343 g/mol. The van der Waals surface area contributed by atoms with Gasteiger partial charge < -0.3 is 0 Å². The Kier molecular flexibility index (Phi) is 4.53. The molecule has 0 radical (unpaired) electrons. The van der Waals surface area contributed by atoms with Crippen LogP contribution in [0.25, 0.3) is 0 Å². The topological polar surface area (TPSA) is 0 Å². The van der Waals surface area contributed by atoms with Gasteiger partial charge in [-0.3, -0.25) is 0 Å². The maximum absolute atomic E-state index is 5.90. The van der Waals surface area contributed by atoms with Crippen LogP contribution in [0.15, 0.2) is 34.4 Å². The van der Waals surface area contributed by atoms with Gasteiger partial charge in [0, 0.05) is 0 Å². The van der Waals surface area contributed by atoms with Crippen molar-refractivity contribution in [3.63, 3.8) is 0 Å². The molecule has 16 heavy (non-hydrogen) atoms. The van der Waals surface area contributed by atoms with Crippen LogP contribution in [0.4, 0.5) is 0 Å². The summed E-state index contributed by atoms with van der Waals surface area (Å²) >= 11 is 4.10. The number of hydrogen-bond acceptors (Lipinski definition) is 0. The second-order valence-corrected chi connectivity index (χ2v) is 20.8. The minimum absolute atomic E-state index is 0.106. The summed E-state index contributed by atoms with van der Waals surface area (Å²) in [5, 5.41) is 0.804. The summed E-state index contributed by atoms with van der Waals surface area (Å²) in [6, 6.07) is 8.16. The molecule has 0 aliphatic heterocycles. The summed E-state index contributed by atoms with van der Waals surface area (Å²) in [7, 11) is 0. The van der Waals surface area contributed by atoms with E-state index >= 15 is 0 Å². The fourth-order valence-corrected chi connectivity index (χ4v) is 4.18. The van der Waals surface area contributed by atoms with E-state index in [1.54, 1.807) is 0 Å². The van der Waals surface area contributed by atoms with Gasteiger partial charge in [-0.05, 0) is 0 Å². The van der Waals surface area contributed by atoms with Crippen molar-refractivity contribution in [2.24, 2.45) is 0 Å². The van der Waals surface area contributed by atoms with E-state index < -0.39 is 18.4 Å². The molecule has 0 aliphatic rings. The summed E-state index contributed by atoms with van der Waals surface area (Å²) < 4.78 is 2.48. The van der Waals surface area contributed by atoms with Crippen LogP contribution >= 0.6 is 11.6 Å². The standard InChI is InChI=1S/C11H12Cl.3CH3.Sn/c1-4-11(2,3)9-5-7-10(12)8-6-9;;;;/h1,4-8H,2-3H3;3*1H3;. The molecule has 1 rings (SSSR count). The van der Waals surface area contributed by atoms with Crippen molar-refractivity contribution >= 4 is 30.0 Å². The first kappa shape index (κ1) is 14.1. The monoisotopic (exact) mass is 344 g/mol. The van der Waals surface area contributed by atoms with Gasteiger partial charge in [-0.25, -0.2) is 0 Å². The van der Waals surface area contributed by atoms with E-state index in [1.807, 2.05) is 12.1 Å².